The Morgan fingerprint density at radius 3 is 2.37 bits per heavy atom. The van der Waals surface area contributed by atoms with Crippen molar-refractivity contribution in [1.29, 1.82) is 0 Å². The van der Waals surface area contributed by atoms with Gasteiger partial charge in [-0.2, -0.15) is 0 Å². The number of hydrogen-bond donors (Lipinski definition) is 2. The SMILES string of the molecule is O=C1CCC(N2Cc3cc(CN4CCN(CCNC(=O)c5cc6c(o5)C(=O)c5ccccc5C6=O)CC4)c(F)cc3C2=O)C(=O)N1. The Bertz CT molecular complexity index is 1770. The number of furan rings is 1. The molecule has 2 aromatic carbocycles. The van der Waals surface area contributed by atoms with Gasteiger partial charge in [0.1, 0.15) is 11.9 Å². The van der Waals surface area contributed by atoms with E-state index in [-0.39, 0.29) is 64.9 Å². The first-order chi connectivity index (χ1) is 22.2. The van der Waals surface area contributed by atoms with Crippen molar-refractivity contribution in [2.75, 3.05) is 39.3 Å². The van der Waals surface area contributed by atoms with Gasteiger partial charge in [0.15, 0.2) is 17.3 Å². The van der Waals surface area contributed by atoms with Gasteiger partial charge in [-0.3, -0.25) is 43.9 Å². The number of nitrogens with one attached hydrogen (secondary N) is 2. The summed E-state index contributed by atoms with van der Waals surface area (Å²) in [5, 5.41) is 5.06. The summed E-state index contributed by atoms with van der Waals surface area (Å²) in [6, 6.07) is 9.99. The van der Waals surface area contributed by atoms with Crippen LogP contribution in [-0.2, 0) is 22.7 Å². The van der Waals surface area contributed by atoms with Crippen LogP contribution in [0.2, 0.25) is 0 Å². The number of rotatable bonds is 7. The zero-order valence-corrected chi connectivity index (χ0v) is 24.8. The van der Waals surface area contributed by atoms with Crippen LogP contribution in [0.4, 0.5) is 4.39 Å². The lowest BCUT2D eigenvalue weighted by Crippen LogP contribution is -2.52. The zero-order valence-electron chi connectivity index (χ0n) is 24.8. The third-order valence-corrected chi connectivity index (χ3v) is 9.09. The van der Waals surface area contributed by atoms with Gasteiger partial charge in [0.2, 0.25) is 17.6 Å². The normalized spacial score (nSPS) is 20.0. The highest BCUT2D eigenvalue weighted by atomic mass is 19.1. The van der Waals surface area contributed by atoms with E-state index < -0.39 is 35.4 Å². The number of hydrogen-bond acceptors (Lipinski definition) is 9. The number of amides is 4. The Labute approximate surface area is 262 Å². The van der Waals surface area contributed by atoms with E-state index in [0.29, 0.717) is 56.9 Å². The van der Waals surface area contributed by atoms with Crippen molar-refractivity contribution in [3.63, 3.8) is 0 Å². The predicted octanol–water partition coefficient (Wildman–Crippen LogP) is 1.50. The van der Waals surface area contributed by atoms with Gasteiger partial charge in [0, 0.05) is 87.1 Å². The summed E-state index contributed by atoms with van der Waals surface area (Å²) < 4.78 is 20.6. The van der Waals surface area contributed by atoms with E-state index in [1.54, 1.807) is 30.3 Å². The summed E-state index contributed by atoms with van der Waals surface area (Å²) >= 11 is 0. The molecule has 7 rings (SSSR count). The molecule has 0 radical (unpaired) electrons. The summed E-state index contributed by atoms with van der Waals surface area (Å²) in [7, 11) is 0. The number of halogens is 1. The molecular weight excluding hydrogens is 597 g/mol. The van der Waals surface area contributed by atoms with Crippen LogP contribution in [0.1, 0.15) is 76.9 Å². The lowest BCUT2D eigenvalue weighted by Gasteiger charge is -2.34. The molecule has 1 aliphatic carbocycles. The topological polar surface area (TPSA) is 149 Å². The maximum atomic E-state index is 15.1. The van der Waals surface area contributed by atoms with E-state index in [2.05, 4.69) is 20.4 Å². The number of piperidine rings is 1. The van der Waals surface area contributed by atoms with Crippen molar-refractivity contribution < 1.29 is 37.6 Å². The standard InChI is InChI=1S/C33H30FN5O7/c34-24-14-22-18(17-39(33(22)45)25-5-6-27(40)36-31(25)43)13-19(24)16-38-11-9-37(10-12-38)8-7-35-32(44)26-15-23-28(41)20-3-1-2-4-21(20)29(42)30(23)46-26/h1-4,13-15,25H,5-12,16-17H2,(H,35,44)(H,36,40,43). The van der Waals surface area contributed by atoms with Gasteiger partial charge in [-0.25, -0.2) is 4.39 Å². The third-order valence-electron chi connectivity index (χ3n) is 9.09. The van der Waals surface area contributed by atoms with Gasteiger partial charge < -0.3 is 14.6 Å². The van der Waals surface area contributed by atoms with Gasteiger partial charge in [-0.15, -0.1) is 0 Å². The van der Waals surface area contributed by atoms with Gasteiger partial charge >= 0.3 is 0 Å². The van der Waals surface area contributed by atoms with Crippen LogP contribution in [0.3, 0.4) is 0 Å². The number of carbonyl (C=O) groups excluding carboxylic acids is 6. The zero-order chi connectivity index (χ0) is 32.1. The summed E-state index contributed by atoms with van der Waals surface area (Å²) in [5.74, 6) is -3.26. The smallest absolute Gasteiger partial charge is 0.287 e. The van der Waals surface area contributed by atoms with Gasteiger partial charge in [0.05, 0.1) is 5.56 Å². The number of nitrogens with zero attached hydrogens (tertiary/aromatic N) is 3. The summed E-state index contributed by atoms with van der Waals surface area (Å²) in [5.41, 5.74) is 2.01. The molecule has 13 heteroatoms. The minimum absolute atomic E-state index is 0.0861. The highest BCUT2D eigenvalue weighted by molar-refractivity contribution is 6.27. The largest absolute Gasteiger partial charge is 0.447 e. The molecule has 4 heterocycles. The van der Waals surface area contributed by atoms with E-state index in [9.17, 15) is 28.8 Å². The second kappa shape index (κ2) is 11.7. The number of piperazine rings is 1. The molecule has 2 saturated heterocycles. The maximum absolute atomic E-state index is 15.1. The van der Waals surface area contributed by atoms with E-state index in [4.69, 9.17) is 4.42 Å². The van der Waals surface area contributed by atoms with Crippen molar-refractivity contribution in [3.05, 3.63) is 93.2 Å². The lowest BCUT2D eigenvalue weighted by molar-refractivity contribution is -0.136. The van der Waals surface area contributed by atoms with Crippen LogP contribution in [0, 0.1) is 5.82 Å². The molecule has 4 amide bonds. The first-order valence-corrected chi connectivity index (χ1v) is 15.2. The molecule has 1 aromatic heterocycles. The van der Waals surface area contributed by atoms with Gasteiger partial charge in [0.25, 0.3) is 11.8 Å². The molecule has 4 aliphatic rings. The average molecular weight is 628 g/mol. The molecule has 1 unspecified atom stereocenters. The van der Waals surface area contributed by atoms with Gasteiger partial charge in [-0.1, -0.05) is 24.3 Å². The fourth-order valence-corrected chi connectivity index (χ4v) is 6.57. The second-order valence-corrected chi connectivity index (χ2v) is 11.9. The Balaban J connectivity index is 0.897. The summed E-state index contributed by atoms with van der Waals surface area (Å²) in [6.07, 6.45) is 0.399. The number of carbonyl (C=O) groups is 6. The number of fused-ring (bicyclic) bond motifs is 3. The first-order valence-electron chi connectivity index (χ1n) is 15.2. The second-order valence-electron chi connectivity index (χ2n) is 11.9. The van der Waals surface area contributed by atoms with Gasteiger partial charge in [-0.05, 0) is 24.1 Å². The molecule has 1 atom stereocenters. The third kappa shape index (κ3) is 5.31. The molecule has 0 bridgehead atoms. The minimum atomic E-state index is -0.752. The fraction of sp³-hybridized carbons (Fsp3) is 0.333. The van der Waals surface area contributed by atoms with Crippen LogP contribution < -0.4 is 10.6 Å². The Morgan fingerprint density at radius 1 is 0.913 bits per heavy atom. The lowest BCUT2D eigenvalue weighted by atomic mass is 9.89. The molecule has 3 aliphatic heterocycles. The molecule has 12 nitrogen and oxygen atoms in total. The molecule has 0 spiro atoms. The predicted molar refractivity (Wildman–Crippen MR) is 159 cm³/mol. The molecule has 0 saturated carbocycles. The van der Waals surface area contributed by atoms with Crippen LogP contribution in [0.15, 0.2) is 46.9 Å². The maximum Gasteiger partial charge on any atom is 0.287 e. The minimum Gasteiger partial charge on any atom is -0.447 e. The van der Waals surface area contributed by atoms with E-state index >= 15 is 4.39 Å². The van der Waals surface area contributed by atoms with Crippen LogP contribution >= 0.6 is 0 Å². The number of imide groups is 1. The average Bonchev–Trinajstić information content (AvgIpc) is 3.63. The highest BCUT2D eigenvalue weighted by Crippen LogP contribution is 2.31. The molecule has 2 N–H and O–H groups in total. The number of ketones is 2. The van der Waals surface area contributed by atoms with E-state index in [1.165, 1.54) is 17.0 Å². The fourth-order valence-electron chi connectivity index (χ4n) is 6.57. The summed E-state index contributed by atoms with van der Waals surface area (Å²) in [6.45, 7) is 4.16. The van der Waals surface area contributed by atoms with Crippen molar-refractivity contribution >= 4 is 35.2 Å². The quantitative estimate of drug-likeness (QED) is 0.291. The molecule has 236 valence electrons. The molecule has 2 fully saturated rings. The molecule has 46 heavy (non-hydrogen) atoms. The highest BCUT2D eigenvalue weighted by Gasteiger charge is 2.40. The van der Waals surface area contributed by atoms with Crippen molar-refractivity contribution in [1.82, 2.24) is 25.3 Å². The van der Waals surface area contributed by atoms with Crippen molar-refractivity contribution in [3.8, 4) is 0 Å². The monoisotopic (exact) mass is 627 g/mol. The van der Waals surface area contributed by atoms with Crippen molar-refractivity contribution in [2.24, 2.45) is 0 Å². The Kier molecular flexibility index (Phi) is 7.57. The van der Waals surface area contributed by atoms with Crippen LogP contribution in [0.5, 0.6) is 0 Å². The van der Waals surface area contributed by atoms with Crippen LogP contribution in [0.25, 0.3) is 0 Å². The Hall–Kier alpha value is -5.01. The van der Waals surface area contributed by atoms with E-state index in [1.807, 2.05) is 0 Å². The molecular formula is C33H30FN5O7. The molecule has 3 aromatic rings. The van der Waals surface area contributed by atoms with Crippen LogP contribution in [-0.4, -0.2) is 95.2 Å². The number of benzene rings is 2. The van der Waals surface area contributed by atoms with Crippen molar-refractivity contribution in [2.45, 2.75) is 32.0 Å². The Morgan fingerprint density at radius 2 is 1.63 bits per heavy atom. The van der Waals surface area contributed by atoms with E-state index in [0.717, 1.165) is 0 Å². The first kappa shape index (κ1) is 29.7. The summed E-state index contributed by atoms with van der Waals surface area (Å²) in [4.78, 5) is 80.8.